The Morgan fingerprint density at radius 2 is 1.50 bits per heavy atom. The molecule has 0 spiro atoms. The summed E-state index contributed by atoms with van der Waals surface area (Å²) in [5, 5.41) is 41.7. The Hall–Kier alpha value is -1.59. The lowest BCUT2D eigenvalue weighted by atomic mass is 9.86. The smallest absolute Gasteiger partial charge is 0.328 e. The third-order valence-electron chi connectivity index (χ3n) is 3.30. The standard InChI is InChI=1S/C10H14N2O8/c13-1-2-4(14)5(15)6(16)7(20-2)3-8(17)11-10(19)12-9(3)18/h2-7,13-16H,1H2,(H2,11,12,17,18,19)/t2-,4-,5+,6-,7?/m1/s1. The summed E-state index contributed by atoms with van der Waals surface area (Å²) in [6.07, 6.45) is -7.77. The number of ether oxygens (including phenoxy) is 1. The number of rotatable bonds is 2. The molecule has 0 radical (unpaired) electrons. The van der Waals surface area contributed by atoms with Gasteiger partial charge in [-0.15, -0.1) is 0 Å². The minimum absolute atomic E-state index is 0.684. The Kier molecular flexibility index (Phi) is 4.01. The first kappa shape index (κ1) is 14.8. The summed E-state index contributed by atoms with van der Waals surface area (Å²) in [7, 11) is 0. The Labute approximate surface area is 112 Å². The van der Waals surface area contributed by atoms with Gasteiger partial charge in [-0.2, -0.15) is 0 Å². The second-order valence-electron chi connectivity index (χ2n) is 4.58. The lowest BCUT2D eigenvalue weighted by Crippen LogP contribution is -2.67. The molecule has 10 heteroatoms. The van der Waals surface area contributed by atoms with Gasteiger partial charge in [0.1, 0.15) is 36.4 Å². The van der Waals surface area contributed by atoms with E-state index < -0.39 is 60.9 Å². The van der Waals surface area contributed by atoms with Gasteiger partial charge < -0.3 is 25.2 Å². The predicted molar refractivity (Wildman–Crippen MR) is 58.9 cm³/mol. The first-order valence-corrected chi connectivity index (χ1v) is 5.83. The minimum Gasteiger partial charge on any atom is -0.394 e. The largest absolute Gasteiger partial charge is 0.394 e. The van der Waals surface area contributed by atoms with E-state index in [1.807, 2.05) is 10.6 Å². The number of nitrogens with one attached hydrogen (secondary N) is 2. The van der Waals surface area contributed by atoms with Crippen LogP contribution in [0, 0.1) is 5.92 Å². The molecule has 0 aromatic heterocycles. The zero-order valence-electron chi connectivity index (χ0n) is 10.1. The van der Waals surface area contributed by atoms with E-state index in [1.54, 1.807) is 0 Å². The normalized spacial score (nSPS) is 39.4. The van der Waals surface area contributed by atoms with Crippen molar-refractivity contribution >= 4 is 17.8 Å². The SMILES string of the molecule is O=C1NC(=O)C(C2O[C@H](CO)[C@@H](O)[C@H](O)[C@H]2O)C(=O)N1. The number of aliphatic hydroxyl groups excluding tert-OH is 4. The van der Waals surface area contributed by atoms with Crippen LogP contribution in [0.2, 0.25) is 0 Å². The molecular weight excluding hydrogens is 276 g/mol. The number of urea groups is 1. The molecule has 2 saturated heterocycles. The highest BCUT2D eigenvalue weighted by molar-refractivity contribution is 6.16. The van der Waals surface area contributed by atoms with Gasteiger partial charge in [0.05, 0.1) is 6.61 Å². The van der Waals surface area contributed by atoms with Crippen LogP contribution in [0.3, 0.4) is 0 Å². The van der Waals surface area contributed by atoms with Gasteiger partial charge in [0, 0.05) is 0 Å². The highest BCUT2D eigenvalue weighted by Gasteiger charge is 2.52. The van der Waals surface area contributed by atoms with Crippen molar-refractivity contribution in [1.82, 2.24) is 10.6 Å². The summed E-state index contributed by atoms with van der Waals surface area (Å²) in [6.45, 7) is -0.684. The summed E-state index contributed by atoms with van der Waals surface area (Å²) < 4.78 is 5.10. The van der Waals surface area contributed by atoms with Crippen LogP contribution in [0.5, 0.6) is 0 Å². The van der Waals surface area contributed by atoms with E-state index in [1.165, 1.54) is 0 Å². The monoisotopic (exact) mass is 290 g/mol. The summed E-state index contributed by atoms with van der Waals surface area (Å²) in [4.78, 5) is 34.2. The van der Waals surface area contributed by atoms with Gasteiger partial charge in [0.25, 0.3) is 0 Å². The summed E-state index contributed by atoms with van der Waals surface area (Å²) in [5.41, 5.74) is 0. The van der Waals surface area contributed by atoms with Crippen molar-refractivity contribution in [3.8, 4) is 0 Å². The highest BCUT2D eigenvalue weighted by atomic mass is 16.5. The average Bonchev–Trinajstić information content (AvgIpc) is 2.37. The molecule has 0 saturated carbocycles. The van der Waals surface area contributed by atoms with Crippen molar-refractivity contribution in [3.05, 3.63) is 0 Å². The molecule has 2 aliphatic heterocycles. The molecular formula is C10H14N2O8. The van der Waals surface area contributed by atoms with Crippen LogP contribution in [0.15, 0.2) is 0 Å². The molecule has 6 N–H and O–H groups in total. The second kappa shape index (κ2) is 5.42. The maximum Gasteiger partial charge on any atom is 0.328 e. The van der Waals surface area contributed by atoms with Crippen molar-refractivity contribution in [2.24, 2.45) is 5.92 Å². The highest BCUT2D eigenvalue weighted by Crippen LogP contribution is 2.27. The van der Waals surface area contributed by atoms with Crippen LogP contribution in [0.4, 0.5) is 4.79 Å². The number of hydrogen-bond acceptors (Lipinski definition) is 8. The molecule has 10 nitrogen and oxygen atoms in total. The number of hydrogen-bond donors (Lipinski definition) is 6. The van der Waals surface area contributed by atoms with E-state index >= 15 is 0 Å². The quantitative estimate of drug-likeness (QED) is 0.278. The Bertz CT molecular complexity index is 419. The molecule has 1 unspecified atom stereocenters. The van der Waals surface area contributed by atoms with Gasteiger partial charge in [-0.25, -0.2) is 4.79 Å². The lowest BCUT2D eigenvalue weighted by Gasteiger charge is -2.42. The number of imide groups is 2. The molecule has 0 aliphatic carbocycles. The van der Waals surface area contributed by atoms with Crippen molar-refractivity contribution in [3.63, 3.8) is 0 Å². The summed E-state index contributed by atoms with van der Waals surface area (Å²) in [6, 6.07) is -0.999. The molecule has 2 aliphatic rings. The van der Waals surface area contributed by atoms with Crippen molar-refractivity contribution in [1.29, 1.82) is 0 Å². The summed E-state index contributed by atoms with van der Waals surface area (Å²) >= 11 is 0. The Morgan fingerprint density at radius 1 is 0.950 bits per heavy atom. The molecule has 0 bridgehead atoms. The van der Waals surface area contributed by atoms with E-state index in [0.29, 0.717) is 0 Å². The van der Waals surface area contributed by atoms with Gasteiger partial charge in [0.15, 0.2) is 0 Å². The summed E-state index contributed by atoms with van der Waals surface area (Å²) in [5.74, 6) is -3.58. The van der Waals surface area contributed by atoms with Crippen LogP contribution in [0.1, 0.15) is 0 Å². The topological polar surface area (TPSA) is 165 Å². The fraction of sp³-hybridized carbons (Fsp3) is 0.700. The third-order valence-corrected chi connectivity index (χ3v) is 3.30. The van der Waals surface area contributed by atoms with Crippen molar-refractivity contribution in [2.45, 2.75) is 30.5 Å². The first-order chi connectivity index (χ1) is 9.36. The number of carbonyl (C=O) groups excluding carboxylic acids is 3. The molecule has 2 heterocycles. The molecule has 4 amide bonds. The lowest BCUT2D eigenvalue weighted by molar-refractivity contribution is -0.239. The first-order valence-electron chi connectivity index (χ1n) is 5.83. The van der Waals surface area contributed by atoms with Crippen LogP contribution in [-0.4, -0.2) is 75.4 Å². The fourth-order valence-electron chi connectivity index (χ4n) is 2.23. The Morgan fingerprint density at radius 3 is 2.00 bits per heavy atom. The number of barbiturate groups is 1. The maximum atomic E-state index is 11.7. The average molecular weight is 290 g/mol. The van der Waals surface area contributed by atoms with Gasteiger partial charge in [-0.05, 0) is 0 Å². The second-order valence-corrected chi connectivity index (χ2v) is 4.58. The molecule has 5 atom stereocenters. The molecule has 0 aromatic rings. The molecule has 2 fully saturated rings. The van der Waals surface area contributed by atoms with Gasteiger partial charge in [0.2, 0.25) is 11.8 Å². The van der Waals surface area contributed by atoms with Gasteiger partial charge >= 0.3 is 6.03 Å². The zero-order chi connectivity index (χ0) is 15.0. The molecule has 2 rings (SSSR count). The Balaban J connectivity index is 2.24. The van der Waals surface area contributed by atoms with E-state index in [-0.39, 0.29) is 0 Å². The fourth-order valence-corrected chi connectivity index (χ4v) is 2.23. The number of amides is 4. The van der Waals surface area contributed by atoms with Crippen LogP contribution >= 0.6 is 0 Å². The molecule has 20 heavy (non-hydrogen) atoms. The zero-order valence-corrected chi connectivity index (χ0v) is 10.1. The third kappa shape index (κ3) is 2.39. The maximum absolute atomic E-state index is 11.7. The van der Waals surface area contributed by atoms with E-state index in [9.17, 15) is 29.7 Å². The minimum atomic E-state index is -1.73. The van der Waals surface area contributed by atoms with Crippen molar-refractivity contribution < 1.29 is 39.5 Å². The van der Waals surface area contributed by atoms with Gasteiger partial charge in [-0.3, -0.25) is 20.2 Å². The van der Waals surface area contributed by atoms with Gasteiger partial charge in [-0.1, -0.05) is 0 Å². The van der Waals surface area contributed by atoms with Crippen molar-refractivity contribution in [2.75, 3.05) is 6.61 Å². The molecule has 0 aromatic carbocycles. The van der Waals surface area contributed by atoms with E-state index in [4.69, 9.17) is 9.84 Å². The van der Waals surface area contributed by atoms with E-state index in [2.05, 4.69) is 0 Å². The van der Waals surface area contributed by atoms with Crippen LogP contribution < -0.4 is 10.6 Å². The van der Waals surface area contributed by atoms with E-state index in [0.717, 1.165) is 0 Å². The molecule has 112 valence electrons. The number of aliphatic hydroxyl groups is 4. The van der Waals surface area contributed by atoms with Crippen LogP contribution in [0.25, 0.3) is 0 Å². The predicted octanol–water partition coefficient (Wildman–Crippen LogP) is -4.19. The number of carbonyl (C=O) groups is 3. The van der Waals surface area contributed by atoms with Crippen LogP contribution in [-0.2, 0) is 14.3 Å².